The summed E-state index contributed by atoms with van der Waals surface area (Å²) in [6, 6.07) is 32.9. The molecule has 109 heavy (non-hydrogen) atoms. The predicted octanol–water partition coefficient (Wildman–Crippen LogP) is 21.7. The molecule has 0 fully saturated rings. The van der Waals surface area contributed by atoms with Crippen LogP contribution >= 0.6 is 45.3 Å². The molecule has 12 rings (SSSR count). The molecular weight excluding hydrogens is 1440 g/mol. The number of nitrogens with zero attached hydrogens (tertiary/aromatic N) is 9. The van der Waals surface area contributed by atoms with Gasteiger partial charge in [0.2, 0.25) is 13.1 Å². The van der Waals surface area contributed by atoms with E-state index in [0.717, 1.165) is 171 Å². The van der Waals surface area contributed by atoms with Crippen molar-refractivity contribution in [1.82, 2.24) is 39.9 Å². The molecule has 8 aromatic heterocycles. The van der Waals surface area contributed by atoms with Crippen LogP contribution < -0.4 is 45.6 Å². The second kappa shape index (κ2) is 41.7. The molecule has 0 unspecified atom stereocenters. The van der Waals surface area contributed by atoms with Crippen LogP contribution in [-0.4, -0.2) is 114 Å². The zero-order valence-electron chi connectivity index (χ0n) is 66.2. The Bertz CT molecular complexity index is 5040. The van der Waals surface area contributed by atoms with Crippen molar-refractivity contribution in [3.63, 3.8) is 0 Å². The number of benzene rings is 4. The van der Waals surface area contributed by atoms with E-state index in [1.807, 2.05) is 124 Å². The molecule has 12 aromatic rings. The van der Waals surface area contributed by atoms with Gasteiger partial charge in [-0.15, -0.1) is 45.3 Å². The number of anilines is 4. The topological polar surface area (TPSA) is 237 Å². The van der Waals surface area contributed by atoms with Gasteiger partial charge in [0.05, 0.1) is 75.5 Å². The van der Waals surface area contributed by atoms with Crippen molar-refractivity contribution >= 4 is 109 Å². The lowest BCUT2D eigenvalue weighted by Crippen LogP contribution is -2.09. The SMILES string of the molecule is CC(C)C.CC(C)Nc1nc(-c2cc(OC(C)C)c3ccc(OCCO)cc3n2)cs1.CCCc1ccc2c(OC(C)C)cc(-c3csc(NC(C)C)n3)nc2c1.[C-]#[N+]CCCc1ccc2c(=O)cc(-c3csc(NC(C)C)n3)[nH]c2c1.[C-]#[N+]CCc1ccc2c(OC(C)C)cc(-c3csc(NC(C)C)n3)nc2c1. The lowest BCUT2D eigenvalue weighted by molar-refractivity contribution is 0.201. The Hall–Kier alpha value is -9.82. The number of aliphatic hydroxyl groups is 1. The molecule has 0 aliphatic rings. The van der Waals surface area contributed by atoms with Crippen LogP contribution in [0.2, 0.25) is 0 Å². The van der Waals surface area contributed by atoms with E-state index in [0.29, 0.717) is 48.4 Å². The van der Waals surface area contributed by atoms with Gasteiger partial charge in [0.1, 0.15) is 46.7 Å². The molecule has 0 radical (unpaired) electrons. The van der Waals surface area contributed by atoms with Gasteiger partial charge < -0.3 is 60.0 Å². The van der Waals surface area contributed by atoms with Crippen molar-refractivity contribution in [2.45, 2.75) is 199 Å². The maximum absolute atomic E-state index is 12.4. The molecule has 0 atom stereocenters. The molecule has 0 aliphatic carbocycles. The van der Waals surface area contributed by atoms with Gasteiger partial charge in [-0.3, -0.25) is 4.79 Å². The smallest absolute Gasteiger partial charge is 0.218 e. The molecule has 6 N–H and O–H groups in total. The van der Waals surface area contributed by atoms with E-state index in [4.69, 9.17) is 57.1 Å². The number of aryl methyl sites for hydroxylation is 2. The van der Waals surface area contributed by atoms with Gasteiger partial charge in [0, 0.05) is 110 Å². The maximum atomic E-state index is 12.4. The monoisotopic (exact) mass is 1550 g/mol. The van der Waals surface area contributed by atoms with E-state index in [2.05, 4.69) is 164 Å². The van der Waals surface area contributed by atoms with E-state index < -0.39 is 0 Å². The van der Waals surface area contributed by atoms with Crippen LogP contribution in [0.15, 0.2) is 123 Å². The molecule has 0 saturated carbocycles. The van der Waals surface area contributed by atoms with Crippen molar-refractivity contribution in [3.8, 4) is 68.5 Å². The molecule has 24 heteroatoms. The first-order chi connectivity index (χ1) is 52.2. The average Bonchev–Trinajstić information content (AvgIpc) is 1.74. The summed E-state index contributed by atoms with van der Waals surface area (Å²) in [6.07, 6.45) is 4.79. The van der Waals surface area contributed by atoms with E-state index in [9.17, 15) is 4.79 Å². The van der Waals surface area contributed by atoms with Crippen LogP contribution in [0.5, 0.6) is 23.0 Å². The summed E-state index contributed by atoms with van der Waals surface area (Å²) in [5, 5.41) is 37.4. The summed E-state index contributed by atoms with van der Waals surface area (Å²) in [5.41, 5.74) is 13.4. The number of aromatic amines is 1. The number of aliphatic hydroxyl groups excluding tert-OH is 1. The first-order valence-corrected chi connectivity index (χ1v) is 41.0. The average molecular weight is 1550 g/mol. The fourth-order valence-corrected chi connectivity index (χ4v) is 14.3. The fourth-order valence-electron chi connectivity index (χ4n) is 10.9. The third kappa shape index (κ3) is 26.2. The van der Waals surface area contributed by atoms with Crippen LogP contribution in [0.25, 0.3) is 98.9 Å². The first-order valence-electron chi connectivity index (χ1n) is 37.5. The van der Waals surface area contributed by atoms with Gasteiger partial charge in [-0.05, 0) is 181 Å². The Balaban J connectivity index is 0.000000180. The highest BCUT2D eigenvalue weighted by molar-refractivity contribution is 7.15. The summed E-state index contributed by atoms with van der Waals surface area (Å²) in [6.45, 7) is 52.6. The van der Waals surface area contributed by atoms with Gasteiger partial charge in [0.15, 0.2) is 26.0 Å². The number of pyridine rings is 4. The van der Waals surface area contributed by atoms with Gasteiger partial charge in [-0.25, -0.2) is 48.0 Å². The lowest BCUT2D eigenvalue weighted by atomic mass is 10.1. The number of H-pyrrole nitrogens is 1. The number of aromatic nitrogens is 8. The Kier molecular flexibility index (Phi) is 32.4. The van der Waals surface area contributed by atoms with Gasteiger partial charge >= 0.3 is 0 Å². The molecule has 0 bridgehead atoms. The van der Waals surface area contributed by atoms with Gasteiger partial charge in [0.25, 0.3) is 0 Å². The van der Waals surface area contributed by atoms with Gasteiger partial charge in [-0.2, -0.15) is 0 Å². The number of fused-ring (bicyclic) bond motifs is 4. The molecule has 0 aliphatic heterocycles. The summed E-state index contributed by atoms with van der Waals surface area (Å²) in [7, 11) is 0. The summed E-state index contributed by atoms with van der Waals surface area (Å²) < 4.78 is 23.7. The van der Waals surface area contributed by atoms with Crippen LogP contribution in [0.3, 0.4) is 0 Å². The zero-order valence-corrected chi connectivity index (χ0v) is 69.4. The number of thiazole rings is 4. The fraction of sp³-hybridized carbons (Fsp3) is 0.412. The highest BCUT2D eigenvalue weighted by Crippen LogP contribution is 2.38. The van der Waals surface area contributed by atoms with E-state index in [-0.39, 0.29) is 37.0 Å². The van der Waals surface area contributed by atoms with Crippen molar-refractivity contribution in [2.75, 3.05) is 47.6 Å². The Morgan fingerprint density at radius 1 is 0.440 bits per heavy atom. The normalized spacial score (nSPS) is 11.2. The second-order valence-corrected chi connectivity index (χ2v) is 32.3. The van der Waals surface area contributed by atoms with Crippen LogP contribution in [0, 0.1) is 19.1 Å². The molecule has 20 nitrogen and oxygen atoms in total. The Morgan fingerprint density at radius 2 is 0.817 bits per heavy atom. The molecule has 0 amide bonds. The number of ether oxygens (including phenoxy) is 4. The molecule has 576 valence electrons. The minimum Gasteiger partial charge on any atom is -0.491 e. The van der Waals surface area contributed by atoms with Crippen molar-refractivity contribution in [1.29, 1.82) is 0 Å². The number of hydrogen-bond donors (Lipinski definition) is 6. The van der Waals surface area contributed by atoms with Crippen molar-refractivity contribution < 1.29 is 24.1 Å². The van der Waals surface area contributed by atoms with E-state index in [1.54, 1.807) is 40.1 Å². The third-order valence-electron chi connectivity index (χ3n) is 15.3. The zero-order chi connectivity index (χ0) is 78.8. The summed E-state index contributed by atoms with van der Waals surface area (Å²) in [4.78, 5) is 55.7. The van der Waals surface area contributed by atoms with Gasteiger partial charge in [-0.1, -0.05) is 52.3 Å². The largest absolute Gasteiger partial charge is 0.491 e. The van der Waals surface area contributed by atoms with Crippen molar-refractivity contribution in [2.24, 2.45) is 5.92 Å². The summed E-state index contributed by atoms with van der Waals surface area (Å²) in [5.74, 6) is 3.95. The number of hydrogen-bond acceptors (Lipinski definition) is 21. The standard InChI is InChI=1S/C21H24N4OS.C21H27N3OS.C20H25N3O3S.C19H20N4OS.C4H10/c1-13(2)23-21-25-19(12-27-21)18-11-20(26-14(3)4)16-7-6-15(8-9-22-5)10-17(16)24-18;1-6-7-15-8-9-16-17(10-15)23-18(11-20(16)25-14(4)5)19-12-26-21(24-19)22-13(2)3;1-12(2)21-20-23-18(11-27-20)17-10-19(26-13(3)4)15-6-5-14(25-8-7-24)9-16(15)22-17;1-12(2)21-19-23-17(11-25-19)16-10-18(24)14-7-6-13(5-4-8-20-3)9-15(14)22-16;1-4(2)3/h6-7,10-14H,8-9H2,1-4H3,(H,23,25);8-14H,6-7H2,1-5H3,(H,22,24);5-6,9-13,24H,7-8H2,1-4H3,(H,21,23);6-7,9-12H,4-5,8H2,1-2H3,(H,21,23)(H,22,24);4H,1-3H3. The summed E-state index contributed by atoms with van der Waals surface area (Å²) >= 11 is 6.27. The highest BCUT2D eigenvalue weighted by Gasteiger charge is 2.19. The number of rotatable bonds is 28. The van der Waals surface area contributed by atoms with Crippen LogP contribution in [0.4, 0.5) is 20.5 Å². The maximum Gasteiger partial charge on any atom is 0.218 e. The van der Waals surface area contributed by atoms with Crippen LogP contribution in [-0.2, 0) is 19.3 Å². The Labute approximate surface area is 658 Å². The molecule has 8 heterocycles. The lowest BCUT2D eigenvalue weighted by Gasteiger charge is -2.14. The second-order valence-electron chi connectivity index (χ2n) is 28.8. The number of nitrogens with one attached hydrogen (secondary N) is 5. The van der Waals surface area contributed by atoms with Crippen LogP contribution in [0.1, 0.15) is 154 Å². The van der Waals surface area contributed by atoms with E-state index >= 15 is 0 Å². The minimum absolute atomic E-state index is 0.0113. The van der Waals surface area contributed by atoms with Crippen molar-refractivity contribution in [3.05, 3.63) is 168 Å². The first kappa shape index (κ1) is 84.8. The molecule has 0 spiro atoms. The quantitative estimate of drug-likeness (QED) is 0.0197. The highest BCUT2D eigenvalue weighted by atomic mass is 32.1. The van der Waals surface area contributed by atoms with E-state index in [1.165, 1.54) is 16.9 Å². The molecule has 0 saturated heterocycles. The molecule has 4 aromatic carbocycles. The Morgan fingerprint density at radius 3 is 1.21 bits per heavy atom. The minimum atomic E-state index is -0.0301. The third-order valence-corrected chi connectivity index (χ3v) is 18.4. The predicted molar refractivity (Wildman–Crippen MR) is 459 cm³/mol. The molecular formula is C85H106N14O6S4.